The van der Waals surface area contributed by atoms with Gasteiger partial charge in [-0.3, -0.25) is 0 Å². The minimum absolute atomic E-state index is 0.0275. The fraction of sp³-hybridized carbons (Fsp3) is 0.162. The smallest absolute Gasteiger partial charge is 0.0159 e. The number of hydrogen-bond acceptors (Lipinski definition) is 0. The molecule has 0 nitrogen and oxygen atoms in total. The van der Waals surface area contributed by atoms with Crippen LogP contribution in [0.15, 0.2) is 200 Å². The molecule has 0 amide bonds. The highest BCUT2D eigenvalue weighted by Gasteiger charge is 2.39. The molecular weight excluding hydrogens is 889 g/mol. The monoisotopic (exact) mass is 948 g/mol. The Bertz CT molecular complexity index is 4140. The van der Waals surface area contributed by atoms with Gasteiger partial charge in [-0.2, -0.15) is 0 Å². The maximum Gasteiger partial charge on any atom is 0.0159 e. The summed E-state index contributed by atoms with van der Waals surface area (Å²) in [6, 6.07) is 76.8. The zero-order valence-corrected chi connectivity index (χ0v) is 44.1. The number of hydrogen-bond donors (Lipinski definition) is 0. The SMILES string of the molecule is Cc1cc(C)c(-c2c3ccccc3c(-c3ccc(-c4ccc5c(c4)C(C)(C)c4cc(-c6ccc7c(c6)C(C)(C)c6cc(-c8ccc9c(c8)C(C)(C)c8ccccc8-9)ccc6-7)ccc4-5)cc3)c3ccccc23)c(C)c1. The van der Waals surface area contributed by atoms with Crippen molar-refractivity contribution >= 4 is 21.5 Å². The number of benzene rings is 11. The van der Waals surface area contributed by atoms with Crippen molar-refractivity contribution < 1.29 is 0 Å². The van der Waals surface area contributed by atoms with Crippen molar-refractivity contribution in [2.45, 2.75) is 78.6 Å². The van der Waals surface area contributed by atoms with Crippen molar-refractivity contribution in [3.05, 3.63) is 250 Å². The second kappa shape index (κ2) is 15.7. The van der Waals surface area contributed by atoms with Gasteiger partial charge in [-0.05, 0) is 206 Å². The molecule has 0 saturated carbocycles. The van der Waals surface area contributed by atoms with Crippen LogP contribution < -0.4 is 0 Å². The molecule has 11 aromatic rings. The van der Waals surface area contributed by atoms with Gasteiger partial charge in [0.05, 0.1) is 0 Å². The van der Waals surface area contributed by atoms with E-state index in [1.807, 2.05) is 0 Å². The van der Waals surface area contributed by atoms with E-state index in [9.17, 15) is 0 Å². The maximum absolute atomic E-state index is 2.48. The standard InChI is InChI=1S/C74H60/c1-43-36-44(2)69(45(3)37-43)71-61-19-12-10-17-59(61)70(60-18-11-13-20-62(60)71)47-24-22-46(23-25-47)48-26-31-55-56-33-29-51(41-66(56)73(6,7)65(55)38-48)52-30-35-58-57-34-28-50(40-67(57)74(8,9)68(58)42-52)49-27-32-54-53-16-14-15-21-63(53)72(4,5)64(54)39-49/h10-42H,1-9H3. The van der Waals surface area contributed by atoms with E-state index >= 15 is 0 Å². The van der Waals surface area contributed by atoms with E-state index in [4.69, 9.17) is 0 Å². The first-order chi connectivity index (χ1) is 35.7. The lowest BCUT2D eigenvalue weighted by Crippen LogP contribution is -2.16. The quantitative estimate of drug-likeness (QED) is 0.151. The van der Waals surface area contributed by atoms with Gasteiger partial charge in [-0.15, -0.1) is 0 Å². The lowest BCUT2D eigenvalue weighted by Gasteiger charge is -2.24. The third-order valence-corrected chi connectivity index (χ3v) is 18.0. The zero-order valence-electron chi connectivity index (χ0n) is 44.1. The van der Waals surface area contributed by atoms with Crippen LogP contribution in [0.25, 0.3) is 111 Å². The van der Waals surface area contributed by atoms with Crippen molar-refractivity contribution in [1.82, 2.24) is 0 Å². The first kappa shape index (κ1) is 44.6. The predicted molar refractivity (Wildman–Crippen MR) is 316 cm³/mol. The summed E-state index contributed by atoms with van der Waals surface area (Å²) in [5.74, 6) is 0. The number of rotatable bonds is 5. The second-order valence-electron chi connectivity index (χ2n) is 23.4. The molecule has 0 bridgehead atoms. The van der Waals surface area contributed by atoms with Gasteiger partial charge in [-0.25, -0.2) is 0 Å². The van der Waals surface area contributed by atoms with E-state index in [2.05, 4.69) is 263 Å². The van der Waals surface area contributed by atoms with Gasteiger partial charge < -0.3 is 0 Å². The van der Waals surface area contributed by atoms with Gasteiger partial charge in [0.15, 0.2) is 0 Å². The summed E-state index contributed by atoms with van der Waals surface area (Å²) in [6.45, 7) is 21.1. The largest absolute Gasteiger partial charge is 0.0619 e. The Hall–Kier alpha value is -8.06. The van der Waals surface area contributed by atoms with E-state index in [0.29, 0.717) is 0 Å². The molecular formula is C74H60. The molecule has 0 atom stereocenters. The summed E-state index contributed by atoms with van der Waals surface area (Å²) in [4.78, 5) is 0. The molecule has 0 saturated heterocycles. The van der Waals surface area contributed by atoms with Gasteiger partial charge in [0.1, 0.15) is 0 Å². The molecule has 0 aromatic heterocycles. The molecule has 3 aliphatic rings. The van der Waals surface area contributed by atoms with E-state index in [0.717, 1.165) is 0 Å². The first-order valence-electron chi connectivity index (χ1n) is 26.6. The van der Waals surface area contributed by atoms with Gasteiger partial charge in [-0.1, -0.05) is 217 Å². The predicted octanol–water partition coefficient (Wildman–Crippen LogP) is 20.2. The van der Waals surface area contributed by atoms with Crippen LogP contribution in [0.3, 0.4) is 0 Å². The molecule has 0 aliphatic heterocycles. The Balaban J connectivity index is 0.766. The molecule has 0 N–H and O–H groups in total. The lowest BCUT2D eigenvalue weighted by molar-refractivity contribution is 0.659. The highest BCUT2D eigenvalue weighted by Crippen LogP contribution is 2.55. The van der Waals surface area contributed by atoms with E-state index < -0.39 is 0 Å². The van der Waals surface area contributed by atoms with Gasteiger partial charge in [0.2, 0.25) is 0 Å². The first-order valence-corrected chi connectivity index (χ1v) is 26.6. The molecule has 3 aliphatic carbocycles. The number of fused-ring (bicyclic) bond motifs is 11. The zero-order chi connectivity index (χ0) is 50.6. The van der Waals surface area contributed by atoms with Gasteiger partial charge in [0.25, 0.3) is 0 Å². The summed E-state index contributed by atoms with van der Waals surface area (Å²) in [5.41, 5.74) is 33.0. The molecule has 356 valence electrons. The Morgan fingerprint density at radius 2 is 0.514 bits per heavy atom. The average molecular weight is 949 g/mol. The third-order valence-electron chi connectivity index (χ3n) is 18.0. The molecule has 11 aromatic carbocycles. The molecule has 0 fully saturated rings. The van der Waals surface area contributed by atoms with E-state index in [-0.39, 0.29) is 16.2 Å². The molecule has 0 heteroatoms. The summed E-state index contributed by atoms with van der Waals surface area (Å²) in [5, 5.41) is 5.17. The van der Waals surface area contributed by atoms with Crippen molar-refractivity contribution in [1.29, 1.82) is 0 Å². The Labute approximate surface area is 437 Å². The topological polar surface area (TPSA) is 0 Å². The van der Waals surface area contributed by atoms with Crippen LogP contribution in [0.2, 0.25) is 0 Å². The fourth-order valence-electron chi connectivity index (χ4n) is 14.2. The van der Waals surface area contributed by atoms with Crippen LogP contribution in [0, 0.1) is 20.8 Å². The summed E-state index contributed by atoms with van der Waals surface area (Å²) in [7, 11) is 0. The molecule has 0 heterocycles. The van der Waals surface area contributed by atoms with Crippen LogP contribution in [0.5, 0.6) is 0 Å². The summed E-state index contributed by atoms with van der Waals surface area (Å²) >= 11 is 0. The third kappa shape index (κ3) is 6.34. The maximum atomic E-state index is 2.48. The van der Waals surface area contributed by atoms with Crippen molar-refractivity contribution in [2.24, 2.45) is 0 Å². The highest BCUT2D eigenvalue weighted by atomic mass is 14.4. The van der Waals surface area contributed by atoms with Crippen molar-refractivity contribution in [3.8, 4) is 89.0 Å². The molecule has 14 rings (SSSR count). The Morgan fingerprint density at radius 3 is 0.905 bits per heavy atom. The van der Waals surface area contributed by atoms with Crippen molar-refractivity contribution in [3.63, 3.8) is 0 Å². The van der Waals surface area contributed by atoms with Gasteiger partial charge >= 0.3 is 0 Å². The van der Waals surface area contributed by atoms with Crippen LogP contribution in [-0.4, -0.2) is 0 Å². The van der Waals surface area contributed by atoms with E-state index in [1.54, 1.807) is 0 Å². The van der Waals surface area contributed by atoms with Crippen LogP contribution in [0.1, 0.15) is 91.6 Å². The molecule has 0 unspecified atom stereocenters. The summed E-state index contributed by atoms with van der Waals surface area (Å²) < 4.78 is 0. The number of aryl methyl sites for hydroxylation is 3. The van der Waals surface area contributed by atoms with Crippen LogP contribution >= 0.6 is 0 Å². The second-order valence-corrected chi connectivity index (χ2v) is 23.4. The fourth-order valence-corrected chi connectivity index (χ4v) is 14.2. The Kier molecular flexibility index (Phi) is 9.48. The summed E-state index contributed by atoms with van der Waals surface area (Å²) in [6.07, 6.45) is 0. The van der Waals surface area contributed by atoms with Crippen molar-refractivity contribution in [2.75, 3.05) is 0 Å². The van der Waals surface area contributed by atoms with E-state index in [1.165, 1.54) is 161 Å². The normalized spacial score (nSPS) is 14.9. The Morgan fingerprint density at radius 1 is 0.230 bits per heavy atom. The highest BCUT2D eigenvalue weighted by molar-refractivity contribution is 6.22. The minimum atomic E-state index is -0.164. The van der Waals surface area contributed by atoms with Crippen LogP contribution in [0.4, 0.5) is 0 Å². The van der Waals surface area contributed by atoms with Crippen LogP contribution in [-0.2, 0) is 16.2 Å². The van der Waals surface area contributed by atoms with Gasteiger partial charge in [0, 0.05) is 16.2 Å². The molecule has 0 radical (unpaired) electrons. The lowest BCUT2D eigenvalue weighted by atomic mass is 9.79. The minimum Gasteiger partial charge on any atom is -0.0619 e. The average Bonchev–Trinajstić information content (AvgIpc) is 3.90. The molecule has 0 spiro atoms. The molecule has 74 heavy (non-hydrogen) atoms.